The highest BCUT2D eigenvalue weighted by Gasteiger charge is 2.06. The zero-order valence-electron chi connectivity index (χ0n) is 8.72. The molecule has 3 rings (SSSR count). The van der Waals surface area contributed by atoms with Crippen LogP contribution in [0.3, 0.4) is 0 Å². The topological polar surface area (TPSA) is 84.7 Å². The zero-order chi connectivity index (χ0) is 11.7. The summed E-state index contributed by atoms with van der Waals surface area (Å²) in [6.07, 6.45) is 4.78. The highest BCUT2D eigenvalue weighted by molar-refractivity contribution is 5.42. The van der Waals surface area contributed by atoms with Gasteiger partial charge in [0.25, 0.3) is 0 Å². The van der Waals surface area contributed by atoms with Crippen LogP contribution in [0.5, 0.6) is 0 Å². The van der Waals surface area contributed by atoms with Crippen molar-refractivity contribution < 1.29 is 0 Å². The van der Waals surface area contributed by atoms with E-state index >= 15 is 0 Å². The third-order valence-electron chi connectivity index (χ3n) is 2.37. The molecule has 0 aromatic carbocycles. The van der Waals surface area contributed by atoms with E-state index in [9.17, 15) is 0 Å². The van der Waals surface area contributed by atoms with E-state index in [-0.39, 0.29) is 0 Å². The van der Waals surface area contributed by atoms with Gasteiger partial charge in [-0.1, -0.05) is 0 Å². The van der Waals surface area contributed by atoms with Gasteiger partial charge in [-0.3, -0.25) is 4.40 Å². The molecule has 3 aromatic heterocycles. The third-order valence-corrected chi connectivity index (χ3v) is 2.37. The SMILES string of the molecule is N#Cc1ccc2nnc(Cn3cncn3)n2c1. The monoisotopic (exact) mass is 225 g/mol. The van der Waals surface area contributed by atoms with Gasteiger partial charge in [-0.15, -0.1) is 10.2 Å². The molecule has 0 saturated heterocycles. The van der Waals surface area contributed by atoms with E-state index in [1.54, 1.807) is 33.7 Å². The van der Waals surface area contributed by atoms with Crippen LogP contribution in [0, 0.1) is 11.3 Å². The van der Waals surface area contributed by atoms with Crippen molar-refractivity contribution in [1.29, 1.82) is 5.26 Å². The summed E-state index contributed by atoms with van der Waals surface area (Å²) < 4.78 is 3.43. The maximum atomic E-state index is 8.85. The summed E-state index contributed by atoms with van der Waals surface area (Å²) >= 11 is 0. The number of nitrogens with zero attached hydrogens (tertiary/aromatic N) is 7. The van der Waals surface area contributed by atoms with Gasteiger partial charge in [0.1, 0.15) is 25.3 Å². The smallest absolute Gasteiger partial charge is 0.160 e. The summed E-state index contributed by atoms with van der Waals surface area (Å²) in [6.45, 7) is 0.468. The van der Waals surface area contributed by atoms with Gasteiger partial charge in [0.15, 0.2) is 11.5 Å². The van der Waals surface area contributed by atoms with Crippen LogP contribution < -0.4 is 0 Å². The summed E-state index contributed by atoms with van der Waals surface area (Å²) in [7, 11) is 0. The van der Waals surface area contributed by atoms with Crippen LogP contribution in [0.15, 0.2) is 31.0 Å². The van der Waals surface area contributed by atoms with E-state index in [2.05, 4.69) is 26.3 Å². The molecule has 0 unspecified atom stereocenters. The van der Waals surface area contributed by atoms with E-state index in [0.29, 0.717) is 23.6 Å². The molecule has 0 aliphatic carbocycles. The predicted octanol–water partition coefficient (Wildman–Crippen LogP) is 0.241. The van der Waals surface area contributed by atoms with Gasteiger partial charge in [0.05, 0.1) is 5.56 Å². The molecule has 17 heavy (non-hydrogen) atoms. The van der Waals surface area contributed by atoms with E-state index in [1.165, 1.54) is 6.33 Å². The second-order valence-corrected chi connectivity index (χ2v) is 3.47. The number of pyridine rings is 1. The van der Waals surface area contributed by atoms with Crippen molar-refractivity contribution in [1.82, 2.24) is 29.4 Å². The number of hydrogen-bond donors (Lipinski definition) is 0. The molecule has 0 atom stereocenters. The molecule has 0 radical (unpaired) electrons. The van der Waals surface area contributed by atoms with Gasteiger partial charge < -0.3 is 0 Å². The molecule has 3 heterocycles. The third kappa shape index (κ3) is 1.61. The molecule has 7 heteroatoms. The fourth-order valence-corrected chi connectivity index (χ4v) is 1.57. The fourth-order valence-electron chi connectivity index (χ4n) is 1.57. The first-order chi connectivity index (χ1) is 8.36. The summed E-state index contributed by atoms with van der Waals surface area (Å²) in [5.41, 5.74) is 1.27. The number of nitriles is 1. The number of rotatable bonds is 2. The minimum absolute atomic E-state index is 0.468. The van der Waals surface area contributed by atoms with Gasteiger partial charge in [0, 0.05) is 6.20 Å². The van der Waals surface area contributed by atoms with Crippen molar-refractivity contribution in [3.63, 3.8) is 0 Å². The number of fused-ring (bicyclic) bond motifs is 1. The Labute approximate surface area is 96.0 Å². The Balaban J connectivity index is 2.08. The Morgan fingerprint density at radius 3 is 3.00 bits per heavy atom. The lowest BCUT2D eigenvalue weighted by molar-refractivity contribution is 0.647. The van der Waals surface area contributed by atoms with Crippen molar-refractivity contribution in [3.05, 3.63) is 42.4 Å². The maximum Gasteiger partial charge on any atom is 0.160 e. The average Bonchev–Trinajstić information content (AvgIpc) is 2.99. The molecule has 0 spiro atoms. The lowest BCUT2D eigenvalue weighted by atomic mass is 10.3. The molecule has 0 fully saturated rings. The summed E-state index contributed by atoms with van der Waals surface area (Å²) in [5.74, 6) is 0.711. The van der Waals surface area contributed by atoms with Crippen LogP contribution >= 0.6 is 0 Å². The van der Waals surface area contributed by atoms with Crippen molar-refractivity contribution in [3.8, 4) is 6.07 Å². The Hall–Kier alpha value is -2.75. The normalized spacial score (nSPS) is 10.5. The molecule has 3 aromatic rings. The van der Waals surface area contributed by atoms with Crippen molar-refractivity contribution in [2.45, 2.75) is 6.54 Å². The second-order valence-electron chi connectivity index (χ2n) is 3.47. The van der Waals surface area contributed by atoms with Gasteiger partial charge in [-0.05, 0) is 12.1 Å². The van der Waals surface area contributed by atoms with E-state index < -0.39 is 0 Å². The van der Waals surface area contributed by atoms with Gasteiger partial charge in [0.2, 0.25) is 0 Å². The van der Waals surface area contributed by atoms with Crippen molar-refractivity contribution in [2.75, 3.05) is 0 Å². The summed E-state index contributed by atoms with van der Waals surface area (Å²) in [6, 6.07) is 5.56. The first kappa shape index (κ1) is 9.47. The van der Waals surface area contributed by atoms with Crippen molar-refractivity contribution in [2.24, 2.45) is 0 Å². The highest BCUT2D eigenvalue weighted by Crippen LogP contribution is 2.07. The second kappa shape index (κ2) is 3.68. The summed E-state index contributed by atoms with van der Waals surface area (Å²) in [4.78, 5) is 3.86. The van der Waals surface area contributed by atoms with Crippen LogP contribution in [-0.4, -0.2) is 29.4 Å². The van der Waals surface area contributed by atoms with E-state index in [4.69, 9.17) is 5.26 Å². The van der Waals surface area contributed by atoms with Gasteiger partial charge in [-0.25, -0.2) is 9.67 Å². The highest BCUT2D eigenvalue weighted by atomic mass is 15.3. The number of aromatic nitrogens is 6. The van der Waals surface area contributed by atoms with Crippen LogP contribution in [0.25, 0.3) is 5.65 Å². The van der Waals surface area contributed by atoms with Gasteiger partial charge >= 0.3 is 0 Å². The largest absolute Gasteiger partial charge is 0.284 e. The van der Waals surface area contributed by atoms with Crippen LogP contribution in [0.4, 0.5) is 0 Å². The Kier molecular flexibility index (Phi) is 2.05. The predicted molar refractivity (Wildman–Crippen MR) is 56.8 cm³/mol. The molecule has 0 saturated carbocycles. The Bertz CT molecular complexity index is 689. The minimum Gasteiger partial charge on any atom is -0.284 e. The van der Waals surface area contributed by atoms with Crippen LogP contribution in [0.2, 0.25) is 0 Å². The van der Waals surface area contributed by atoms with Crippen LogP contribution in [-0.2, 0) is 6.54 Å². The molecule has 0 amide bonds. The molecular formula is C10H7N7. The molecule has 7 nitrogen and oxygen atoms in total. The minimum atomic E-state index is 0.468. The fraction of sp³-hybridized carbons (Fsp3) is 0.100. The number of hydrogen-bond acceptors (Lipinski definition) is 5. The van der Waals surface area contributed by atoms with Gasteiger partial charge in [-0.2, -0.15) is 10.4 Å². The van der Waals surface area contributed by atoms with Crippen LogP contribution in [0.1, 0.15) is 11.4 Å². The standard InChI is InChI=1S/C10H7N7/c11-3-8-1-2-9-14-15-10(17(9)4-8)5-16-7-12-6-13-16/h1-2,4,6-7H,5H2. The quantitative estimate of drug-likeness (QED) is 0.623. The lowest BCUT2D eigenvalue weighted by Crippen LogP contribution is -2.04. The Morgan fingerprint density at radius 2 is 2.24 bits per heavy atom. The van der Waals surface area contributed by atoms with Crippen molar-refractivity contribution >= 4 is 5.65 Å². The summed E-state index contributed by atoms with van der Waals surface area (Å²) in [5, 5.41) is 20.9. The Morgan fingerprint density at radius 1 is 1.29 bits per heavy atom. The molecule has 0 aliphatic heterocycles. The van der Waals surface area contributed by atoms with E-state index in [1.807, 2.05) is 0 Å². The molecule has 0 bridgehead atoms. The molecule has 0 N–H and O–H groups in total. The lowest BCUT2D eigenvalue weighted by Gasteiger charge is -1.99. The molecule has 0 aliphatic rings. The zero-order valence-corrected chi connectivity index (χ0v) is 8.72. The maximum absolute atomic E-state index is 8.85. The first-order valence-electron chi connectivity index (χ1n) is 4.93. The first-order valence-corrected chi connectivity index (χ1v) is 4.93. The molecular weight excluding hydrogens is 218 g/mol. The average molecular weight is 225 g/mol. The van der Waals surface area contributed by atoms with E-state index in [0.717, 1.165) is 0 Å². The molecule has 82 valence electrons.